The number of hydrogen-bond donors (Lipinski definition) is 1. The molecule has 1 aromatic carbocycles. The van der Waals surface area contributed by atoms with Gasteiger partial charge in [0.25, 0.3) is 0 Å². The van der Waals surface area contributed by atoms with Crippen LogP contribution in [0.5, 0.6) is 5.75 Å². The van der Waals surface area contributed by atoms with Gasteiger partial charge in [0.15, 0.2) is 0 Å². The van der Waals surface area contributed by atoms with Crippen LogP contribution in [0.25, 0.3) is 0 Å². The summed E-state index contributed by atoms with van der Waals surface area (Å²) in [5.41, 5.74) is 1.05. The summed E-state index contributed by atoms with van der Waals surface area (Å²) in [5, 5.41) is 3.27. The fourth-order valence-corrected chi connectivity index (χ4v) is 1.68. The van der Waals surface area contributed by atoms with Gasteiger partial charge in [-0.2, -0.15) is 0 Å². The zero-order chi connectivity index (χ0) is 13.3. The molecule has 4 nitrogen and oxygen atoms in total. The highest BCUT2D eigenvalue weighted by Gasteiger charge is 1.97. The molecule has 1 aromatic heterocycles. The van der Waals surface area contributed by atoms with Crippen molar-refractivity contribution in [3.63, 3.8) is 0 Å². The monoisotopic (exact) mass is 257 g/mol. The number of aromatic nitrogens is 2. The first-order valence-electron chi connectivity index (χ1n) is 6.61. The van der Waals surface area contributed by atoms with Gasteiger partial charge >= 0.3 is 0 Å². The maximum atomic E-state index is 5.62. The summed E-state index contributed by atoms with van der Waals surface area (Å²) in [6, 6.07) is 11.8. The molecule has 0 aliphatic carbocycles. The van der Waals surface area contributed by atoms with Crippen LogP contribution in [0, 0.1) is 0 Å². The van der Waals surface area contributed by atoms with E-state index in [0.29, 0.717) is 6.61 Å². The molecular formula is C15H19N3O. The molecule has 0 aliphatic heterocycles. The molecule has 0 fully saturated rings. The minimum Gasteiger partial charge on any atom is -0.494 e. The molecular weight excluding hydrogens is 238 g/mol. The Morgan fingerprint density at radius 3 is 2.79 bits per heavy atom. The Morgan fingerprint density at radius 2 is 2.00 bits per heavy atom. The molecule has 19 heavy (non-hydrogen) atoms. The highest BCUT2D eigenvalue weighted by molar-refractivity contribution is 5.34. The lowest BCUT2D eigenvalue weighted by Crippen LogP contribution is -2.08. The molecule has 0 radical (unpaired) electrons. The second kappa shape index (κ2) is 7.36. The highest BCUT2D eigenvalue weighted by atomic mass is 16.5. The van der Waals surface area contributed by atoms with Crippen LogP contribution >= 0.6 is 0 Å². The van der Waals surface area contributed by atoms with E-state index in [1.54, 1.807) is 6.33 Å². The van der Waals surface area contributed by atoms with E-state index in [-0.39, 0.29) is 0 Å². The van der Waals surface area contributed by atoms with Gasteiger partial charge in [0.2, 0.25) is 0 Å². The molecule has 0 saturated carbocycles. The number of hydrogen-bond acceptors (Lipinski definition) is 4. The van der Waals surface area contributed by atoms with Gasteiger partial charge in [-0.3, -0.25) is 0 Å². The van der Waals surface area contributed by atoms with Gasteiger partial charge in [0.05, 0.1) is 6.61 Å². The molecule has 0 atom stereocenters. The normalized spacial score (nSPS) is 10.2. The van der Waals surface area contributed by atoms with Crippen LogP contribution in [-0.2, 0) is 6.42 Å². The van der Waals surface area contributed by atoms with Crippen LogP contribution < -0.4 is 10.1 Å². The number of rotatable bonds is 7. The van der Waals surface area contributed by atoms with Gasteiger partial charge in [0, 0.05) is 18.3 Å². The second-order valence-electron chi connectivity index (χ2n) is 4.19. The fourth-order valence-electron chi connectivity index (χ4n) is 1.68. The smallest absolute Gasteiger partial charge is 0.129 e. The third kappa shape index (κ3) is 4.58. The lowest BCUT2D eigenvalue weighted by molar-refractivity contribution is 0.315. The topological polar surface area (TPSA) is 47.0 Å². The predicted octanol–water partition coefficient (Wildman–Crippen LogP) is 2.92. The van der Waals surface area contributed by atoms with Crippen molar-refractivity contribution in [1.82, 2.24) is 9.97 Å². The summed E-state index contributed by atoms with van der Waals surface area (Å²) < 4.78 is 5.62. The highest BCUT2D eigenvalue weighted by Crippen LogP contribution is 2.08. The first-order chi connectivity index (χ1) is 9.38. The van der Waals surface area contributed by atoms with E-state index in [2.05, 4.69) is 22.2 Å². The van der Waals surface area contributed by atoms with Crippen LogP contribution in [0.2, 0.25) is 0 Å². The number of nitrogens with one attached hydrogen (secondary N) is 1. The Morgan fingerprint density at radius 1 is 1.16 bits per heavy atom. The van der Waals surface area contributed by atoms with Crippen molar-refractivity contribution in [3.05, 3.63) is 48.4 Å². The molecule has 0 spiro atoms. The summed E-state index contributed by atoms with van der Waals surface area (Å²) in [5.74, 6) is 1.80. The van der Waals surface area contributed by atoms with Gasteiger partial charge in [-0.1, -0.05) is 25.1 Å². The number of ether oxygens (including phenoxy) is 1. The van der Waals surface area contributed by atoms with E-state index < -0.39 is 0 Å². The quantitative estimate of drug-likeness (QED) is 0.775. The van der Waals surface area contributed by atoms with Crippen LogP contribution in [-0.4, -0.2) is 23.1 Å². The van der Waals surface area contributed by atoms with Crippen LogP contribution in [0.3, 0.4) is 0 Å². The van der Waals surface area contributed by atoms with Crippen molar-refractivity contribution < 1.29 is 4.74 Å². The summed E-state index contributed by atoms with van der Waals surface area (Å²) in [7, 11) is 0. The molecule has 4 heteroatoms. The molecule has 0 saturated heterocycles. The third-order valence-corrected chi connectivity index (χ3v) is 2.73. The first-order valence-corrected chi connectivity index (χ1v) is 6.61. The number of nitrogens with zero attached hydrogens (tertiary/aromatic N) is 2. The SMILES string of the molecule is CCc1cc(NCCCOc2ccccc2)ncn1. The van der Waals surface area contributed by atoms with Crippen molar-refractivity contribution >= 4 is 5.82 Å². The Hall–Kier alpha value is -2.10. The van der Waals surface area contributed by atoms with Crippen molar-refractivity contribution in [3.8, 4) is 5.75 Å². The summed E-state index contributed by atoms with van der Waals surface area (Å²) in [6.45, 7) is 3.62. The maximum absolute atomic E-state index is 5.62. The van der Waals surface area contributed by atoms with E-state index >= 15 is 0 Å². The van der Waals surface area contributed by atoms with E-state index in [1.807, 2.05) is 36.4 Å². The average Bonchev–Trinajstić information content (AvgIpc) is 2.48. The largest absolute Gasteiger partial charge is 0.494 e. The molecule has 1 N–H and O–H groups in total. The molecule has 0 aliphatic rings. The Labute approximate surface area is 113 Å². The number of aryl methyl sites for hydroxylation is 1. The van der Waals surface area contributed by atoms with Gasteiger partial charge in [-0.25, -0.2) is 9.97 Å². The van der Waals surface area contributed by atoms with Gasteiger partial charge < -0.3 is 10.1 Å². The number of anilines is 1. The van der Waals surface area contributed by atoms with Crippen LogP contribution in [0.4, 0.5) is 5.82 Å². The second-order valence-corrected chi connectivity index (χ2v) is 4.19. The van der Waals surface area contributed by atoms with Crippen molar-refractivity contribution in [2.75, 3.05) is 18.5 Å². The van der Waals surface area contributed by atoms with Gasteiger partial charge in [-0.05, 0) is 25.0 Å². The predicted molar refractivity (Wildman–Crippen MR) is 76.5 cm³/mol. The molecule has 2 aromatic rings. The lowest BCUT2D eigenvalue weighted by atomic mass is 10.3. The van der Waals surface area contributed by atoms with E-state index in [0.717, 1.165) is 36.6 Å². The lowest BCUT2D eigenvalue weighted by Gasteiger charge is -2.08. The third-order valence-electron chi connectivity index (χ3n) is 2.73. The van der Waals surface area contributed by atoms with E-state index in [4.69, 9.17) is 4.74 Å². The maximum Gasteiger partial charge on any atom is 0.129 e. The standard InChI is InChI=1S/C15H19N3O/c1-2-13-11-15(18-12-17-13)16-9-6-10-19-14-7-4-3-5-8-14/h3-5,7-8,11-12H,2,6,9-10H2,1H3,(H,16,17,18). The molecule has 0 amide bonds. The van der Waals surface area contributed by atoms with Crippen molar-refractivity contribution in [1.29, 1.82) is 0 Å². The average molecular weight is 257 g/mol. The molecule has 100 valence electrons. The minimum atomic E-state index is 0.697. The molecule has 2 rings (SSSR count). The Kier molecular flexibility index (Phi) is 5.17. The summed E-state index contributed by atoms with van der Waals surface area (Å²) >= 11 is 0. The first kappa shape index (κ1) is 13.3. The van der Waals surface area contributed by atoms with E-state index in [1.165, 1.54) is 0 Å². The Balaban J connectivity index is 1.66. The van der Waals surface area contributed by atoms with Crippen molar-refractivity contribution in [2.24, 2.45) is 0 Å². The number of benzene rings is 1. The van der Waals surface area contributed by atoms with E-state index in [9.17, 15) is 0 Å². The fraction of sp³-hybridized carbons (Fsp3) is 0.333. The minimum absolute atomic E-state index is 0.697. The van der Waals surface area contributed by atoms with Gasteiger partial charge in [0.1, 0.15) is 17.9 Å². The number of para-hydroxylation sites is 1. The summed E-state index contributed by atoms with van der Waals surface area (Å²) in [6.07, 6.45) is 3.45. The molecule has 1 heterocycles. The van der Waals surface area contributed by atoms with Crippen LogP contribution in [0.15, 0.2) is 42.7 Å². The Bertz CT molecular complexity index is 488. The molecule has 0 unspecified atom stereocenters. The summed E-state index contributed by atoms with van der Waals surface area (Å²) in [4.78, 5) is 8.35. The van der Waals surface area contributed by atoms with Gasteiger partial charge in [-0.15, -0.1) is 0 Å². The van der Waals surface area contributed by atoms with Crippen molar-refractivity contribution in [2.45, 2.75) is 19.8 Å². The zero-order valence-corrected chi connectivity index (χ0v) is 11.2. The van der Waals surface area contributed by atoms with Crippen LogP contribution in [0.1, 0.15) is 19.0 Å². The molecule has 0 bridgehead atoms. The zero-order valence-electron chi connectivity index (χ0n) is 11.2.